The van der Waals surface area contributed by atoms with Gasteiger partial charge in [0.2, 0.25) is 0 Å². The Morgan fingerprint density at radius 1 is 1.53 bits per heavy atom. The largest absolute Gasteiger partial charge is 0.398 e. The fraction of sp³-hybridized carbons (Fsp3) is 0.308. The van der Waals surface area contributed by atoms with E-state index in [2.05, 4.69) is 22.8 Å². The second kappa shape index (κ2) is 7.48. The van der Waals surface area contributed by atoms with Gasteiger partial charge in [0.25, 0.3) is 0 Å². The van der Waals surface area contributed by atoms with E-state index in [1.165, 1.54) is 0 Å². The molecule has 1 aromatic carbocycles. The lowest BCUT2D eigenvalue weighted by Gasteiger charge is -2.10. The second-order valence-electron chi connectivity index (χ2n) is 4.06. The van der Waals surface area contributed by atoms with Gasteiger partial charge in [-0.3, -0.25) is 15.8 Å². The number of hydrogen-bond acceptors (Lipinski definition) is 4. The minimum atomic E-state index is 0.416. The lowest BCUT2D eigenvalue weighted by molar-refractivity contribution is 0.869. The quantitative estimate of drug-likeness (QED) is 0.210. The van der Waals surface area contributed by atoms with Crippen LogP contribution in [0.2, 0.25) is 0 Å². The van der Waals surface area contributed by atoms with E-state index in [0.29, 0.717) is 22.0 Å². The van der Waals surface area contributed by atoms with Gasteiger partial charge in [-0.25, -0.2) is 0 Å². The van der Waals surface area contributed by atoms with E-state index >= 15 is 0 Å². The smallest absolute Gasteiger partial charge is 0.125 e. The Morgan fingerprint density at radius 3 is 2.89 bits per heavy atom. The van der Waals surface area contributed by atoms with Crippen LogP contribution in [0.4, 0.5) is 5.69 Å². The number of nitrogen functional groups attached to an aromatic ring is 1. The van der Waals surface area contributed by atoms with Crippen LogP contribution in [0.15, 0.2) is 23.2 Å². The van der Waals surface area contributed by atoms with Gasteiger partial charge >= 0.3 is 0 Å². The first kappa shape index (κ1) is 15.1. The standard InChI is InChI=1S/C13H19N5S/c1-3-6-16-8-17-18-13(19)10-4-5-12(15)11(7-10)9(2)14/h4-5,7-8,14H,3,6,15H2,1-2H3,(H,16,17)(H,18,19). The molecule has 0 spiro atoms. The maximum absolute atomic E-state index is 7.65. The number of hydrazine groups is 1. The molecule has 102 valence electrons. The molecule has 19 heavy (non-hydrogen) atoms. The summed E-state index contributed by atoms with van der Waals surface area (Å²) in [6.45, 7) is 4.53. The van der Waals surface area contributed by atoms with E-state index in [4.69, 9.17) is 23.4 Å². The van der Waals surface area contributed by atoms with Gasteiger partial charge < -0.3 is 11.1 Å². The Bertz CT molecular complexity index is 496. The van der Waals surface area contributed by atoms with Gasteiger partial charge in [0.1, 0.15) is 11.3 Å². The van der Waals surface area contributed by atoms with Gasteiger partial charge in [0, 0.05) is 29.1 Å². The summed E-state index contributed by atoms with van der Waals surface area (Å²) < 4.78 is 0. The molecule has 0 saturated carbocycles. The first-order valence-electron chi connectivity index (χ1n) is 6.05. The molecule has 1 rings (SSSR count). The van der Waals surface area contributed by atoms with E-state index < -0.39 is 0 Å². The number of rotatable bonds is 6. The topological polar surface area (TPSA) is 86.3 Å². The Kier molecular flexibility index (Phi) is 5.95. The van der Waals surface area contributed by atoms with Crippen LogP contribution >= 0.6 is 12.2 Å². The van der Waals surface area contributed by atoms with E-state index in [9.17, 15) is 0 Å². The van der Waals surface area contributed by atoms with E-state index in [-0.39, 0.29) is 0 Å². The van der Waals surface area contributed by atoms with Gasteiger partial charge in [0.05, 0.1) is 0 Å². The Labute approximate surface area is 118 Å². The highest BCUT2D eigenvalue weighted by molar-refractivity contribution is 7.80. The Balaban J connectivity index is 2.67. The van der Waals surface area contributed by atoms with Crippen LogP contribution < -0.4 is 16.6 Å². The summed E-state index contributed by atoms with van der Waals surface area (Å²) >= 11 is 5.24. The van der Waals surface area contributed by atoms with Crippen molar-refractivity contribution in [2.75, 3.05) is 12.3 Å². The summed E-state index contributed by atoms with van der Waals surface area (Å²) in [5, 5.41) is 7.65. The van der Waals surface area contributed by atoms with Crippen molar-refractivity contribution < 1.29 is 0 Å². The third kappa shape index (κ3) is 4.67. The minimum Gasteiger partial charge on any atom is -0.398 e. The fourth-order valence-corrected chi connectivity index (χ4v) is 1.62. The van der Waals surface area contributed by atoms with Crippen molar-refractivity contribution in [1.82, 2.24) is 10.9 Å². The third-order valence-electron chi connectivity index (χ3n) is 2.41. The molecule has 0 amide bonds. The SMILES string of the molecule is CCCN=CNNC(=S)c1ccc(N)c(C(C)=N)c1. The molecule has 1 aromatic rings. The van der Waals surface area contributed by atoms with Crippen molar-refractivity contribution in [3.8, 4) is 0 Å². The number of anilines is 1. The molecule has 0 aliphatic heterocycles. The van der Waals surface area contributed by atoms with E-state index in [1.54, 1.807) is 25.4 Å². The van der Waals surface area contributed by atoms with E-state index in [1.807, 2.05) is 6.07 Å². The van der Waals surface area contributed by atoms with Crippen molar-refractivity contribution in [2.24, 2.45) is 4.99 Å². The zero-order valence-electron chi connectivity index (χ0n) is 11.2. The van der Waals surface area contributed by atoms with Gasteiger partial charge in [-0.2, -0.15) is 0 Å². The Morgan fingerprint density at radius 2 is 2.26 bits per heavy atom. The number of hydrogen-bond donors (Lipinski definition) is 4. The number of nitrogens with one attached hydrogen (secondary N) is 3. The van der Waals surface area contributed by atoms with Gasteiger partial charge in [0.15, 0.2) is 0 Å². The molecule has 0 radical (unpaired) electrons. The maximum atomic E-state index is 7.65. The molecule has 0 atom stereocenters. The van der Waals surface area contributed by atoms with Crippen molar-refractivity contribution in [3.05, 3.63) is 29.3 Å². The average Bonchev–Trinajstić information content (AvgIpc) is 2.38. The molecular weight excluding hydrogens is 258 g/mol. The summed E-state index contributed by atoms with van der Waals surface area (Å²) in [4.78, 5) is 4.64. The molecule has 6 heteroatoms. The van der Waals surface area contributed by atoms with Crippen LogP contribution in [0, 0.1) is 5.41 Å². The van der Waals surface area contributed by atoms with Crippen LogP contribution in [0.1, 0.15) is 31.4 Å². The summed E-state index contributed by atoms with van der Waals surface area (Å²) in [7, 11) is 0. The van der Waals surface area contributed by atoms with E-state index in [0.717, 1.165) is 18.5 Å². The zero-order chi connectivity index (χ0) is 14.3. The molecule has 0 heterocycles. The minimum absolute atomic E-state index is 0.416. The highest BCUT2D eigenvalue weighted by Crippen LogP contribution is 2.14. The summed E-state index contributed by atoms with van der Waals surface area (Å²) in [5.41, 5.74) is 14.0. The number of nitrogens with two attached hydrogens (primary N) is 1. The van der Waals surface area contributed by atoms with Crippen LogP contribution in [0.25, 0.3) is 0 Å². The summed E-state index contributed by atoms with van der Waals surface area (Å²) in [6, 6.07) is 5.38. The molecule has 0 aliphatic carbocycles. The predicted molar refractivity (Wildman–Crippen MR) is 85.0 cm³/mol. The molecule has 0 saturated heterocycles. The fourth-order valence-electron chi connectivity index (χ4n) is 1.43. The molecule has 0 aliphatic rings. The third-order valence-corrected chi connectivity index (χ3v) is 2.75. The van der Waals surface area contributed by atoms with Crippen molar-refractivity contribution in [2.45, 2.75) is 20.3 Å². The van der Waals surface area contributed by atoms with Crippen molar-refractivity contribution >= 4 is 34.9 Å². The first-order valence-corrected chi connectivity index (χ1v) is 6.46. The summed E-state index contributed by atoms with van der Waals surface area (Å²) in [6.07, 6.45) is 2.58. The first-order chi connectivity index (χ1) is 9.06. The molecule has 0 unspecified atom stereocenters. The van der Waals surface area contributed by atoms with Crippen LogP contribution in [0.3, 0.4) is 0 Å². The van der Waals surface area contributed by atoms with Gasteiger partial charge in [-0.05, 0) is 31.5 Å². The molecule has 0 aromatic heterocycles. The number of nitrogens with zero attached hydrogens (tertiary/aromatic N) is 1. The summed E-state index contributed by atoms with van der Waals surface area (Å²) in [5.74, 6) is 0. The molecule has 0 fully saturated rings. The second-order valence-corrected chi connectivity index (χ2v) is 4.47. The molecular formula is C13H19N5S. The maximum Gasteiger partial charge on any atom is 0.125 e. The highest BCUT2D eigenvalue weighted by atomic mass is 32.1. The predicted octanol–water partition coefficient (Wildman–Crippen LogP) is 1.86. The number of thiocarbonyl (C=S) groups is 1. The Hall–Kier alpha value is -1.95. The monoisotopic (exact) mass is 277 g/mol. The number of aliphatic imine (C=N–C) groups is 1. The van der Waals surface area contributed by atoms with Crippen molar-refractivity contribution in [1.29, 1.82) is 5.41 Å². The average molecular weight is 277 g/mol. The van der Waals surface area contributed by atoms with Crippen LogP contribution in [-0.4, -0.2) is 23.6 Å². The van der Waals surface area contributed by atoms with Gasteiger partial charge in [-0.1, -0.05) is 19.1 Å². The normalized spacial score (nSPS) is 10.4. The number of benzene rings is 1. The lowest BCUT2D eigenvalue weighted by Crippen LogP contribution is -2.35. The van der Waals surface area contributed by atoms with Crippen LogP contribution in [-0.2, 0) is 0 Å². The zero-order valence-corrected chi connectivity index (χ0v) is 12.0. The molecule has 5 N–H and O–H groups in total. The lowest BCUT2D eigenvalue weighted by atomic mass is 10.1. The molecule has 5 nitrogen and oxygen atoms in total. The van der Waals surface area contributed by atoms with Gasteiger partial charge in [-0.15, -0.1) is 0 Å². The van der Waals surface area contributed by atoms with Crippen molar-refractivity contribution in [3.63, 3.8) is 0 Å². The molecule has 0 bridgehead atoms. The highest BCUT2D eigenvalue weighted by Gasteiger charge is 2.06. The van der Waals surface area contributed by atoms with Crippen LogP contribution in [0.5, 0.6) is 0 Å².